The highest BCUT2D eigenvalue weighted by molar-refractivity contribution is 7.89. The van der Waals surface area contributed by atoms with Crippen molar-refractivity contribution < 1.29 is 17.9 Å². The molecule has 7 heteroatoms. The van der Waals surface area contributed by atoms with E-state index >= 15 is 0 Å². The molecule has 0 aliphatic rings. The Labute approximate surface area is 134 Å². The number of ether oxygens (including phenoxy) is 1. The van der Waals surface area contributed by atoms with Crippen molar-refractivity contribution >= 4 is 21.7 Å². The number of anilines is 1. The average molecular weight is 330 g/mol. The SMILES string of the molecule is Nc1ccc(S(N)(=O)=O)cc1C(=O)OCC#Cc1ccccc1. The second-order valence-electron chi connectivity index (χ2n) is 4.54. The minimum absolute atomic E-state index is 0.0713. The Balaban J connectivity index is 2.08. The Kier molecular flexibility index (Phi) is 5.01. The van der Waals surface area contributed by atoms with Gasteiger partial charge in [0.15, 0.2) is 6.61 Å². The van der Waals surface area contributed by atoms with Crippen LogP contribution in [-0.2, 0) is 14.8 Å². The minimum atomic E-state index is -3.93. The van der Waals surface area contributed by atoms with E-state index in [4.69, 9.17) is 15.6 Å². The van der Waals surface area contributed by atoms with Crippen molar-refractivity contribution in [2.45, 2.75) is 4.90 Å². The van der Waals surface area contributed by atoms with Crippen LogP contribution in [0.4, 0.5) is 5.69 Å². The van der Waals surface area contributed by atoms with Gasteiger partial charge >= 0.3 is 5.97 Å². The van der Waals surface area contributed by atoms with E-state index in [0.717, 1.165) is 11.6 Å². The summed E-state index contributed by atoms with van der Waals surface area (Å²) in [6.07, 6.45) is 0. The largest absolute Gasteiger partial charge is 0.449 e. The number of hydrogen-bond donors (Lipinski definition) is 2. The Morgan fingerprint density at radius 2 is 1.83 bits per heavy atom. The van der Waals surface area contributed by atoms with Gasteiger partial charge in [0, 0.05) is 11.3 Å². The summed E-state index contributed by atoms with van der Waals surface area (Å²) in [6, 6.07) is 12.8. The summed E-state index contributed by atoms with van der Waals surface area (Å²) in [5, 5.41) is 5.02. The molecule has 0 amide bonds. The topological polar surface area (TPSA) is 112 Å². The van der Waals surface area contributed by atoms with Crippen molar-refractivity contribution in [2.75, 3.05) is 12.3 Å². The molecule has 0 aliphatic heterocycles. The molecule has 6 nitrogen and oxygen atoms in total. The first kappa shape index (κ1) is 16.5. The zero-order valence-electron chi connectivity index (χ0n) is 12.0. The molecular formula is C16H14N2O4S. The van der Waals surface area contributed by atoms with Crippen LogP contribution in [-0.4, -0.2) is 21.0 Å². The summed E-state index contributed by atoms with van der Waals surface area (Å²) in [5.74, 6) is 4.75. The van der Waals surface area contributed by atoms with Crippen molar-refractivity contribution in [2.24, 2.45) is 5.14 Å². The summed E-state index contributed by atoms with van der Waals surface area (Å²) in [6.45, 7) is -0.146. The first-order chi connectivity index (χ1) is 10.9. The number of rotatable bonds is 3. The van der Waals surface area contributed by atoms with Crippen LogP contribution >= 0.6 is 0 Å². The van der Waals surface area contributed by atoms with Crippen molar-refractivity contribution in [1.29, 1.82) is 0 Å². The molecule has 0 heterocycles. The van der Waals surface area contributed by atoms with Crippen LogP contribution in [0.1, 0.15) is 15.9 Å². The van der Waals surface area contributed by atoms with Gasteiger partial charge in [-0.25, -0.2) is 18.4 Å². The average Bonchev–Trinajstić information content (AvgIpc) is 2.51. The zero-order valence-corrected chi connectivity index (χ0v) is 12.8. The quantitative estimate of drug-likeness (QED) is 0.497. The van der Waals surface area contributed by atoms with Crippen LogP contribution in [0.25, 0.3) is 0 Å². The molecule has 118 valence electrons. The molecule has 23 heavy (non-hydrogen) atoms. The second-order valence-corrected chi connectivity index (χ2v) is 6.10. The zero-order chi connectivity index (χ0) is 16.9. The monoisotopic (exact) mass is 330 g/mol. The highest BCUT2D eigenvalue weighted by atomic mass is 32.2. The van der Waals surface area contributed by atoms with Gasteiger partial charge in [-0.1, -0.05) is 30.0 Å². The van der Waals surface area contributed by atoms with Gasteiger partial charge < -0.3 is 10.5 Å². The lowest BCUT2D eigenvalue weighted by Gasteiger charge is -2.06. The standard InChI is InChI=1S/C16H14N2O4S/c17-15-9-8-13(23(18,20)21)11-14(15)16(19)22-10-4-7-12-5-2-1-3-6-12/h1-3,5-6,8-9,11H,10,17H2,(H2,18,20,21). The molecule has 0 atom stereocenters. The van der Waals surface area contributed by atoms with Crippen LogP contribution in [0.3, 0.4) is 0 Å². The van der Waals surface area contributed by atoms with E-state index < -0.39 is 16.0 Å². The van der Waals surface area contributed by atoms with Gasteiger partial charge in [-0.05, 0) is 30.3 Å². The van der Waals surface area contributed by atoms with E-state index in [2.05, 4.69) is 11.8 Å². The lowest BCUT2D eigenvalue weighted by Crippen LogP contribution is -2.15. The summed E-state index contributed by atoms with van der Waals surface area (Å²) < 4.78 is 27.6. The molecule has 4 N–H and O–H groups in total. The molecule has 0 aliphatic carbocycles. The fraction of sp³-hybridized carbons (Fsp3) is 0.0625. The summed E-state index contributed by atoms with van der Waals surface area (Å²) in [5.41, 5.74) is 6.47. The van der Waals surface area contributed by atoms with Gasteiger partial charge in [-0.2, -0.15) is 0 Å². The lowest BCUT2D eigenvalue weighted by molar-refractivity contribution is 0.0557. The predicted molar refractivity (Wildman–Crippen MR) is 85.8 cm³/mol. The van der Waals surface area contributed by atoms with Crippen LogP contribution in [0.2, 0.25) is 0 Å². The third-order valence-electron chi connectivity index (χ3n) is 2.86. The third kappa shape index (κ3) is 4.57. The highest BCUT2D eigenvalue weighted by Gasteiger charge is 2.16. The van der Waals surface area contributed by atoms with E-state index in [1.54, 1.807) is 0 Å². The van der Waals surface area contributed by atoms with Gasteiger partial charge in [0.05, 0.1) is 10.5 Å². The number of benzene rings is 2. The molecular weight excluding hydrogens is 316 g/mol. The number of esters is 1. The van der Waals surface area contributed by atoms with E-state index in [-0.39, 0.29) is 22.8 Å². The van der Waals surface area contributed by atoms with E-state index in [9.17, 15) is 13.2 Å². The third-order valence-corrected chi connectivity index (χ3v) is 3.77. The van der Waals surface area contributed by atoms with E-state index in [1.165, 1.54) is 12.1 Å². The molecule has 2 aromatic carbocycles. The molecule has 0 aromatic heterocycles. The lowest BCUT2D eigenvalue weighted by atomic mass is 10.2. The minimum Gasteiger partial charge on any atom is -0.449 e. The highest BCUT2D eigenvalue weighted by Crippen LogP contribution is 2.18. The Morgan fingerprint density at radius 1 is 1.13 bits per heavy atom. The van der Waals surface area contributed by atoms with Crippen molar-refractivity contribution in [3.8, 4) is 11.8 Å². The maximum atomic E-state index is 12.0. The van der Waals surface area contributed by atoms with Crippen LogP contribution in [0.15, 0.2) is 53.4 Å². The molecule has 2 rings (SSSR count). The molecule has 0 radical (unpaired) electrons. The van der Waals surface area contributed by atoms with Gasteiger partial charge in [0.25, 0.3) is 0 Å². The normalized spacial score (nSPS) is 10.5. The maximum Gasteiger partial charge on any atom is 0.341 e. The summed E-state index contributed by atoms with van der Waals surface area (Å²) >= 11 is 0. The molecule has 0 saturated carbocycles. The molecule has 2 aromatic rings. The first-order valence-corrected chi connectivity index (χ1v) is 8.06. The number of nitrogen functional groups attached to an aromatic ring is 1. The number of sulfonamides is 1. The van der Waals surface area contributed by atoms with Crippen molar-refractivity contribution in [3.63, 3.8) is 0 Å². The molecule has 0 saturated heterocycles. The van der Waals surface area contributed by atoms with Crippen LogP contribution < -0.4 is 10.9 Å². The number of carbonyl (C=O) groups excluding carboxylic acids is 1. The number of hydrogen-bond acceptors (Lipinski definition) is 5. The second kappa shape index (κ2) is 6.96. The van der Waals surface area contributed by atoms with Crippen molar-refractivity contribution in [1.82, 2.24) is 0 Å². The number of primary sulfonamides is 1. The first-order valence-electron chi connectivity index (χ1n) is 6.51. The van der Waals surface area contributed by atoms with E-state index in [0.29, 0.717) is 0 Å². The molecule has 0 fully saturated rings. The van der Waals surface area contributed by atoms with Gasteiger partial charge in [-0.15, -0.1) is 0 Å². The Bertz CT molecular complexity index is 881. The fourth-order valence-corrected chi connectivity index (χ4v) is 2.27. The molecule has 0 bridgehead atoms. The van der Waals surface area contributed by atoms with Crippen molar-refractivity contribution in [3.05, 3.63) is 59.7 Å². The predicted octanol–water partition coefficient (Wildman–Crippen LogP) is 1.12. The summed E-state index contributed by atoms with van der Waals surface area (Å²) in [4.78, 5) is 11.7. The van der Waals surface area contributed by atoms with E-state index in [1.807, 2.05) is 30.3 Å². The smallest absolute Gasteiger partial charge is 0.341 e. The summed E-state index contributed by atoms with van der Waals surface area (Å²) in [7, 11) is -3.93. The number of carbonyl (C=O) groups is 1. The maximum absolute atomic E-state index is 12.0. The number of nitrogens with two attached hydrogens (primary N) is 2. The van der Waals surface area contributed by atoms with Gasteiger partial charge in [-0.3, -0.25) is 0 Å². The van der Waals surface area contributed by atoms with Gasteiger partial charge in [0.1, 0.15) is 0 Å². The Hall–Kier alpha value is -2.82. The van der Waals surface area contributed by atoms with Crippen LogP contribution in [0.5, 0.6) is 0 Å². The molecule has 0 unspecified atom stereocenters. The van der Waals surface area contributed by atoms with Crippen LogP contribution in [0, 0.1) is 11.8 Å². The molecule has 0 spiro atoms. The fourth-order valence-electron chi connectivity index (χ4n) is 1.73. The van der Waals surface area contributed by atoms with Gasteiger partial charge in [0.2, 0.25) is 10.0 Å². The Morgan fingerprint density at radius 3 is 2.48 bits per heavy atom.